The second kappa shape index (κ2) is 13.0. The molecule has 1 aliphatic heterocycles. The molecule has 1 fully saturated rings. The lowest BCUT2D eigenvalue weighted by molar-refractivity contribution is -0.136. The van der Waals surface area contributed by atoms with E-state index in [-0.39, 0.29) is 18.4 Å². The third-order valence-electron chi connectivity index (χ3n) is 6.62. The minimum atomic E-state index is -0.657. The van der Waals surface area contributed by atoms with Crippen molar-refractivity contribution in [2.75, 3.05) is 37.6 Å². The van der Waals surface area contributed by atoms with Crippen LogP contribution in [0.1, 0.15) is 37.5 Å². The van der Waals surface area contributed by atoms with Gasteiger partial charge in [-0.2, -0.15) is 5.26 Å². The third-order valence-corrected chi connectivity index (χ3v) is 6.62. The first-order valence-corrected chi connectivity index (χ1v) is 13.1. The van der Waals surface area contributed by atoms with Gasteiger partial charge in [-0.25, -0.2) is 0 Å². The van der Waals surface area contributed by atoms with E-state index in [2.05, 4.69) is 77.9 Å². The van der Waals surface area contributed by atoms with E-state index in [0.29, 0.717) is 6.42 Å². The highest BCUT2D eigenvalue weighted by Gasteiger charge is 2.26. The van der Waals surface area contributed by atoms with Crippen LogP contribution in [0.2, 0.25) is 0 Å². The van der Waals surface area contributed by atoms with Crippen molar-refractivity contribution in [3.8, 4) is 17.2 Å². The topological polar surface area (TPSA) is 77.4 Å². The number of benzene rings is 3. The molecule has 0 aromatic heterocycles. The molecular formula is C31H36N4O2. The van der Waals surface area contributed by atoms with Crippen LogP contribution >= 0.6 is 0 Å². The maximum Gasteiger partial charge on any atom is 0.250 e. The number of nitriles is 1. The van der Waals surface area contributed by atoms with E-state index in [1.54, 1.807) is 0 Å². The largest absolute Gasteiger partial charge is 0.369 e. The lowest BCUT2D eigenvalue weighted by Crippen LogP contribution is -2.43. The van der Waals surface area contributed by atoms with Gasteiger partial charge in [-0.1, -0.05) is 80.6 Å². The normalized spacial score (nSPS) is 15.1. The molecule has 1 saturated heterocycles. The summed E-state index contributed by atoms with van der Waals surface area (Å²) in [6.07, 6.45) is -0.490. The fourth-order valence-corrected chi connectivity index (χ4v) is 4.67. The number of nitrogens with one attached hydrogen (secondary N) is 2. The summed E-state index contributed by atoms with van der Waals surface area (Å²) in [7, 11) is 0. The van der Waals surface area contributed by atoms with Crippen LogP contribution in [0.25, 0.3) is 11.1 Å². The van der Waals surface area contributed by atoms with Crippen molar-refractivity contribution in [2.24, 2.45) is 5.92 Å². The number of piperazine rings is 1. The predicted octanol–water partition coefficient (Wildman–Crippen LogP) is 4.92. The molecule has 4 rings (SSSR count). The molecule has 0 spiro atoms. The van der Waals surface area contributed by atoms with Gasteiger partial charge in [0.1, 0.15) is 18.8 Å². The minimum Gasteiger partial charge on any atom is -0.369 e. The van der Waals surface area contributed by atoms with Crippen molar-refractivity contribution in [3.05, 3.63) is 90.0 Å². The summed E-state index contributed by atoms with van der Waals surface area (Å²) < 4.78 is 6.49. The molecule has 0 bridgehead atoms. The molecule has 0 unspecified atom stereocenters. The molecule has 6 heteroatoms. The number of rotatable bonds is 10. The molecular weight excluding hydrogens is 460 g/mol. The number of anilines is 1. The number of hydrogen-bond donors (Lipinski definition) is 2. The molecule has 6 nitrogen and oxygen atoms in total. The Morgan fingerprint density at radius 1 is 0.946 bits per heavy atom. The van der Waals surface area contributed by atoms with Crippen LogP contribution < -0.4 is 15.5 Å². The second-order valence-electron chi connectivity index (χ2n) is 9.83. The summed E-state index contributed by atoms with van der Waals surface area (Å²) in [5.74, 6) is 0.0122. The van der Waals surface area contributed by atoms with Crippen molar-refractivity contribution in [1.82, 2.24) is 10.6 Å². The van der Waals surface area contributed by atoms with Crippen LogP contribution in [0.3, 0.4) is 0 Å². The lowest BCUT2D eigenvalue weighted by atomic mass is 9.97. The van der Waals surface area contributed by atoms with E-state index in [0.717, 1.165) is 48.4 Å². The zero-order valence-electron chi connectivity index (χ0n) is 21.7. The Balaban J connectivity index is 1.56. The second-order valence-corrected chi connectivity index (χ2v) is 9.83. The molecule has 1 aliphatic rings. The van der Waals surface area contributed by atoms with Gasteiger partial charge >= 0.3 is 0 Å². The summed E-state index contributed by atoms with van der Waals surface area (Å²) >= 11 is 0. The molecule has 0 radical (unpaired) electrons. The fraction of sp³-hybridized carbons (Fsp3) is 0.355. The van der Waals surface area contributed by atoms with E-state index in [1.165, 1.54) is 5.69 Å². The Labute approximate surface area is 220 Å². The highest BCUT2D eigenvalue weighted by molar-refractivity contribution is 5.81. The van der Waals surface area contributed by atoms with Crippen molar-refractivity contribution >= 4 is 11.6 Å². The molecule has 192 valence electrons. The minimum absolute atomic E-state index is 0.0328. The lowest BCUT2D eigenvalue weighted by Gasteiger charge is -2.29. The highest BCUT2D eigenvalue weighted by atomic mass is 16.5. The van der Waals surface area contributed by atoms with Crippen molar-refractivity contribution in [1.29, 1.82) is 5.26 Å². The quantitative estimate of drug-likeness (QED) is 0.390. The summed E-state index contributed by atoms with van der Waals surface area (Å²) in [5, 5.41) is 15.0. The molecule has 2 N–H and O–H groups in total. The maximum atomic E-state index is 12.8. The van der Waals surface area contributed by atoms with Crippen LogP contribution in [-0.2, 0) is 9.53 Å². The molecule has 2 atom stereocenters. The molecule has 1 amide bonds. The fourth-order valence-electron chi connectivity index (χ4n) is 4.67. The Bertz CT molecular complexity index is 1160. The van der Waals surface area contributed by atoms with Crippen molar-refractivity contribution < 1.29 is 9.53 Å². The number of hydrogen-bond acceptors (Lipinski definition) is 5. The number of carbonyl (C=O) groups is 1. The summed E-state index contributed by atoms with van der Waals surface area (Å²) in [6, 6.07) is 29.1. The van der Waals surface area contributed by atoms with Crippen molar-refractivity contribution in [3.63, 3.8) is 0 Å². The predicted molar refractivity (Wildman–Crippen MR) is 148 cm³/mol. The standard InChI is InChI=1S/C31H36N4O2/c1-23(2)22-29(31(36)34-17-16-32)37-30(26-6-4-3-5-7-26)27-10-8-24(9-11-27)25-12-14-28(15-13-25)35-20-18-33-19-21-35/h3-15,23,29-30,33H,17-22H2,1-2H3,(H,34,36)/t29-,30+/m0/s1. The third kappa shape index (κ3) is 7.19. The van der Waals surface area contributed by atoms with Gasteiger partial charge in [0.15, 0.2) is 0 Å². The van der Waals surface area contributed by atoms with Gasteiger partial charge < -0.3 is 20.3 Å². The van der Waals surface area contributed by atoms with Crippen LogP contribution in [0.4, 0.5) is 5.69 Å². The summed E-state index contributed by atoms with van der Waals surface area (Å²) in [6.45, 7) is 8.19. The van der Waals surface area contributed by atoms with Gasteiger partial charge in [-0.15, -0.1) is 0 Å². The maximum absolute atomic E-state index is 12.8. The van der Waals surface area contributed by atoms with Crippen LogP contribution in [-0.4, -0.2) is 44.7 Å². The van der Waals surface area contributed by atoms with E-state index >= 15 is 0 Å². The smallest absolute Gasteiger partial charge is 0.250 e. The van der Waals surface area contributed by atoms with Gasteiger partial charge in [-0.05, 0) is 46.7 Å². The molecule has 0 saturated carbocycles. The van der Waals surface area contributed by atoms with Crippen LogP contribution in [0.15, 0.2) is 78.9 Å². The Hall–Kier alpha value is -3.66. The number of amides is 1. The van der Waals surface area contributed by atoms with Gasteiger partial charge in [-0.3, -0.25) is 4.79 Å². The van der Waals surface area contributed by atoms with Gasteiger partial charge in [0.05, 0.1) is 6.07 Å². The number of nitrogens with zero attached hydrogens (tertiary/aromatic N) is 2. The number of ether oxygens (including phenoxy) is 1. The zero-order chi connectivity index (χ0) is 26.0. The average molecular weight is 497 g/mol. The van der Waals surface area contributed by atoms with Crippen LogP contribution in [0, 0.1) is 17.2 Å². The first-order chi connectivity index (χ1) is 18.0. The zero-order valence-corrected chi connectivity index (χ0v) is 21.7. The Kier molecular flexibility index (Phi) is 9.31. The van der Waals surface area contributed by atoms with Crippen LogP contribution in [0.5, 0.6) is 0 Å². The first kappa shape index (κ1) is 26.4. The number of carbonyl (C=O) groups excluding carboxylic acids is 1. The summed E-state index contributed by atoms with van der Waals surface area (Å²) in [5.41, 5.74) is 5.51. The summed E-state index contributed by atoms with van der Waals surface area (Å²) in [4.78, 5) is 15.2. The Morgan fingerprint density at radius 2 is 1.54 bits per heavy atom. The Morgan fingerprint density at radius 3 is 2.14 bits per heavy atom. The average Bonchev–Trinajstić information content (AvgIpc) is 2.95. The van der Waals surface area contributed by atoms with E-state index in [1.807, 2.05) is 36.4 Å². The molecule has 1 heterocycles. The van der Waals surface area contributed by atoms with Gasteiger partial charge in [0.25, 0.3) is 0 Å². The van der Waals surface area contributed by atoms with Gasteiger partial charge in [0, 0.05) is 31.9 Å². The van der Waals surface area contributed by atoms with E-state index in [4.69, 9.17) is 10.00 Å². The molecule has 3 aromatic carbocycles. The van der Waals surface area contributed by atoms with E-state index < -0.39 is 12.2 Å². The SMILES string of the molecule is CC(C)C[C@H](O[C@H](c1ccccc1)c1ccc(-c2ccc(N3CCNCC3)cc2)cc1)C(=O)NCC#N. The molecule has 37 heavy (non-hydrogen) atoms. The van der Waals surface area contributed by atoms with E-state index in [9.17, 15) is 4.79 Å². The van der Waals surface area contributed by atoms with Crippen molar-refractivity contribution in [2.45, 2.75) is 32.5 Å². The first-order valence-electron chi connectivity index (χ1n) is 13.1. The molecule has 0 aliphatic carbocycles. The monoisotopic (exact) mass is 496 g/mol. The molecule has 3 aromatic rings. The highest BCUT2D eigenvalue weighted by Crippen LogP contribution is 2.31. The van der Waals surface area contributed by atoms with Gasteiger partial charge in [0.2, 0.25) is 5.91 Å².